The maximum absolute atomic E-state index is 12.3. The van der Waals surface area contributed by atoms with Gasteiger partial charge >= 0.3 is 24.0 Å². The van der Waals surface area contributed by atoms with Crippen molar-refractivity contribution < 1.29 is 43.6 Å². The zero-order chi connectivity index (χ0) is 21.0. The van der Waals surface area contributed by atoms with Crippen molar-refractivity contribution in [3.63, 3.8) is 0 Å². The number of carbonyl (C=O) groups excluding carboxylic acids is 3. The number of likely N-dealkylation sites (tertiary alicyclic amines) is 1. The lowest BCUT2D eigenvalue weighted by Gasteiger charge is -2.47. The van der Waals surface area contributed by atoms with Crippen molar-refractivity contribution in [3.8, 4) is 0 Å². The molecule has 0 aliphatic carbocycles. The summed E-state index contributed by atoms with van der Waals surface area (Å²) in [6.07, 6.45) is -1.78. The van der Waals surface area contributed by atoms with E-state index in [-0.39, 0.29) is 19.4 Å². The first-order chi connectivity index (χ1) is 12.4. The molecule has 2 N–H and O–H groups in total. The Morgan fingerprint density at radius 3 is 2.30 bits per heavy atom. The van der Waals surface area contributed by atoms with E-state index < -0.39 is 47.3 Å². The highest BCUT2D eigenvalue weighted by Crippen LogP contribution is 2.39. The number of hydrogen-bond acceptors (Lipinski definition) is 8. The summed E-state index contributed by atoms with van der Waals surface area (Å²) in [5.41, 5.74) is -2.64. The highest BCUT2D eigenvalue weighted by molar-refractivity contribution is 6.29. The van der Waals surface area contributed by atoms with Crippen molar-refractivity contribution in [1.29, 1.82) is 0 Å². The number of carboxylic acids is 1. The number of piperidine rings is 1. The molecule has 0 aromatic rings. The molecule has 1 aliphatic heterocycles. The van der Waals surface area contributed by atoms with Crippen LogP contribution in [0.4, 0.5) is 4.79 Å². The molecule has 152 valence electrons. The van der Waals surface area contributed by atoms with E-state index in [1.54, 1.807) is 20.8 Å². The molecular formula is C17H25NO9. The van der Waals surface area contributed by atoms with Crippen LogP contribution in [0, 0.1) is 5.92 Å². The van der Waals surface area contributed by atoms with Crippen LogP contribution in [-0.4, -0.2) is 70.2 Å². The Balaban J connectivity index is 3.22. The van der Waals surface area contributed by atoms with Crippen LogP contribution in [0.3, 0.4) is 0 Å². The molecule has 1 amide bonds. The van der Waals surface area contributed by atoms with Crippen molar-refractivity contribution in [1.82, 2.24) is 4.90 Å². The Morgan fingerprint density at radius 2 is 1.85 bits per heavy atom. The van der Waals surface area contributed by atoms with Gasteiger partial charge in [0.25, 0.3) is 0 Å². The average molecular weight is 387 g/mol. The first kappa shape index (κ1) is 22.4. The molecule has 27 heavy (non-hydrogen) atoms. The fourth-order valence-electron chi connectivity index (χ4n) is 2.86. The zero-order valence-electron chi connectivity index (χ0n) is 15.8. The first-order valence-electron chi connectivity index (χ1n) is 8.21. The molecule has 10 nitrogen and oxygen atoms in total. The van der Waals surface area contributed by atoms with Gasteiger partial charge in [-0.2, -0.15) is 0 Å². The average Bonchev–Trinajstić information content (AvgIpc) is 2.52. The fourth-order valence-corrected chi connectivity index (χ4v) is 2.86. The highest BCUT2D eigenvalue weighted by Gasteiger charge is 2.56. The van der Waals surface area contributed by atoms with Crippen LogP contribution in [0.15, 0.2) is 12.7 Å². The molecule has 0 bridgehead atoms. The summed E-state index contributed by atoms with van der Waals surface area (Å²) < 4.78 is 14.6. The maximum atomic E-state index is 12.3. The highest BCUT2D eigenvalue weighted by atomic mass is 16.6. The minimum atomic E-state index is -1.85. The second-order valence-corrected chi connectivity index (χ2v) is 7.09. The van der Waals surface area contributed by atoms with E-state index in [1.165, 1.54) is 6.08 Å². The molecule has 1 rings (SSSR count). The number of ether oxygens (including phenoxy) is 3. The Labute approximate surface area is 156 Å². The number of carbonyl (C=O) groups is 4. The van der Waals surface area contributed by atoms with Crippen LogP contribution in [-0.2, 0) is 28.6 Å². The summed E-state index contributed by atoms with van der Waals surface area (Å²) >= 11 is 0. The van der Waals surface area contributed by atoms with Gasteiger partial charge in [-0.05, 0) is 20.8 Å². The summed E-state index contributed by atoms with van der Waals surface area (Å²) in [4.78, 5) is 48.3. The van der Waals surface area contributed by atoms with Gasteiger partial charge in [0.1, 0.15) is 23.3 Å². The number of aliphatic hydroxyl groups excluding tert-OH is 1. The molecule has 10 heteroatoms. The number of rotatable bonds is 4. The third kappa shape index (κ3) is 5.19. The third-order valence-corrected chi connectivity index (χ3v) is 3.99. The molecule has 1 fully saturated rings. The van der Waals surface area contributed by atoms with Gasteiger partial charge in [-0.1, -0.05) is 6.08 Å². The number of nitrogens with zero attached hydrogens (tertiary/aromatic N) is 1. The van der Waals surface area contributed by atoms with E-state index in [4.69, 9.17) is 9.47 Å². The molecule has 0 spiro atoms. The van der Waals surface area contributed by atoms with Crippen LogP contribution < -0.4 is 0 Å². The Bertz CT molecular complexity index is 624. The largest absolute Gasteiger partial charge is 0.481 e. The smallest absolute Gasteiger partial charge is 0.418 e. The molecule has 0 radical (unpaired) electrons. The van der Waals surface area contributed by atoms with Gasteiger partial charge in [-0.15, -0.1) is 6.58 Å². The van der Waals surface area contributed by atoms with E-state index >= 15 is 0 Å². The van der Waals surface area contributed by atoms with Crippen LogP contribution in [0.25, 0.3) is 0 Å². The normalized spacial score (nSPS) is 25.3. The molecule has 0 saturated carbocycles. The van der Waals surface area contributed by atoms with Crippen molar-refractivity contribution in [2.45, 2.75) is 51.0 Å². The quantitative estimate of drug-likeness (QED) is 0.308. The number of aliphatic hydroxyl groups is 1. The van der Waals surface area contributed by atoms with Crippen LogP contribution >= 0.6 is 0 Å². The summed E-state index contributed by atoms with van der Waals surface area (Å²) in [6.45, 7) is 8.20. The minimum absolute atomic E-state index is 0.158. The number of methoxy groups -OCH3 is 1. The van der Waals surface area contributed by atoms with Gasteiger partial charge in [0.05, 0.1) is 7.11 Å². The number of amides is 1. The molecule has 0 aromatic heterocycles. The van der Waals surface area contributed by atoms with Gasteiger partial charge in [-0.3, -0.25) is 9.69 Å². The van der Waals surface area contributed by atoms with Crippen molar-refractivity contribution in [2.24, 2.45) is 5.92 Å². The van der Waals surface area contributed by atoms with Gasteiger partial charge in [-0.25, -0.2) is 14.4 Å². The van der Waals surface area contributed by atoms with Gasteiger partial charge in [0, 0.05) is 19.4 Å². The Hall–Kier alpha value is -2.62. The summed E-state index contributed by atoms with van der Waals surface area (Å²) in [6, 6.07) is 0. The Morgan fingerprint density at radius 1 is 1.26 bits per heavy atom. The zero-order valence-corrected chi connectivity index (χ0v) is 15.8. The predicted molar refractivity (Wildman–Crippen MR) is 90.3 cm³/mol. The minimum Gasteiger partial charge on any atom is -0.481 e. The predicted octanol–water partition coefficient (Wildman–Crippen LogP) is 0.678. The topological polar surface area (TPSA) is 140 Å². The van der Waals surface area contributed by atoms with E-state index in [0.29, 0.717) is 0 Å². The molecule has 1 saturated heterocycles. The monoisotopic (exact) mass is 387 g/mol. The molecule has 0 aromatic carbocycles. The summed E-state index contributed by atoms with van der Waals surface area (Å²) in [5, 5.41) is 20.2. The third-order valence-electron chi connectivity index (χ3n) is 3.99. The van der Waals surface area contributed by atoms with Crippen molar-refractivity contribution in [2.75, 3.05) is 13.7 Å². The molecular weight excluding hydrogens is 362 g/mol. The second kappa shape index (κ2) is 8.38. The number of carboxylic acid groups (broad SMARTS) is 1. The van der Waals surface area contributed by atoms with E-state index in [0.717, 1.165) is 12.0 Å². The number of hydrogen-bond donors (Lipinski definition) is 2. The standard InChI is InChI=1S/C17H25NO9/c1-6-7-17(26-14(23)13(22)25-5)8-9-18(11(19)10(17)12(20)21)15(24)27-16(2,3)4/h6,10-11,19H,1,7-9H2,2-5H3,(H,20,21). The van der Waals surface area contributed by atoms with E-state index in [9.17, 15) is 29.4 Å². The lowest BCUT2D eigenvalue weighted by Crippen LogP contribution is -2.63. The lowest BCUT2D eigenvalue weighted by atomic mass is 9.77. The second-order valence-electron chi connectivity index (χ2n) is 7.09. The lowest BCUT2D eigenvalue weighted by molar-refractivity contribution is -0.208. The molecule has 3 atom stereocenters. The summed E-state index contributed by atoms with van der Waals surface area (Å²) in [7, 11) is 0.971. The number of esters is 2. The van der Waals surface area contributed by atoms with Crippen LogP contribution in [0.1, 0.15) is 33.6 Å². The SMILES string of the molecule is C=CCC1(OC(=O)C(=O)OC)CCN(C(=O)OC(C)(C)C)C(O)C1C(=O)O. The fraction of sp³-hybridized carbons (Fsp3) is 0.647. The Kier molecular flexibility index (Phi) is 6.96. The van der Waals surface area contributed by atoms with Gasteiger partial charge < -0.3 is 24.4 Å². The number of aliphatic carboxylic acids is 1. The summed E-state index contributed by atoms with van der Waals surface area (Å²) in [5.74, 6) is -5.96. The van der Waals surface area contributed by atoms with Gasteiger partial charge in [0.15, 0.2) is 0 Å². The van der Waals surface area contributed by atoms with Crippen molar-refractivity contribution >= 4 is 24.0 Å². The van der Waals surface area contributed by atoms with Crippen LogP contribution in [0.2, 0.25) is 0 Å². The molecule has 3 unspecified atom stereocenters. The van der Waals surface area contributed by atoms with Crippen molar-refractivity contribution in [3.05, 3.63) is 12.7 Å². The van der Waals surface area contributed by atoms with Gasteiger partial charge in [0.2, 0.25) is 0 Å². The molecule has 1 aliphatic rings. The molecule has 1 heterocycles. The first-order valence-corrected chi connectivity index (χ1v) is 8.21. The maximum Gasteiger partial charge on any atom is 0.418 e. The van der Waals surface area contributed by atoms with E-state index in [1.807, 2.05) is 0 Å². The van der Waals surface area contributed by atoms with Crippen LogP contribution in [0.5, 0.6) is 0 Å². The van der Waals surface area contributed by atoms with E-state index in [2.05, 4.69) is 11.3 Å².